The third-order valence-corrected chi connectivity index (χ3v) is 5.01. The summed E-state index contributed by atoms with van der Waals surface area (Å²) in [4.78, 5) is 16.1. The van der Waals surface area contributed by atoms with Crippen LogP contribution in [0.5, 0.6) is 0 Å². The van der Waals surface area contributed by atoms with Crippen LogP contribution < -0.4 is 5.32 Å². The van der Waals surface area contributed by atoms with E-state index in [9.17, 15) is 4.79 Å². The zero-order chi connectivity index (χ0) is 16.7. The topological polar surface area (TPSA) is 44.9 Å². The second-order valence-corrected chi connectivity index (χ2v) is 6.87. The predicted octanol–water partition coefficient (Wildman–Crippen LogP) is 4.67. The summed E-state index contributed by atoms with van der Waals surface area (Å²) in [5.74, 6) is 0.534. The maximum Gasteiger partial charge on any atom is 0.268 e. The molecule has 4 rings (SSSR count). The first-order valence-electron chi connectivity index (χ1n) is 8.58. The molecule has 1 saturated carbocycles. The molecule has 122 valence electrons. The van der Waals surface area contributed by atoms with Crippen LogP contribution >= 0.6 is 0 Å². The first-order chi connectivity index (χ1) is 11.6. The number of aromatic amines is 1. The van der Waals surface area contributed by atoms with Gasteiger partial charge in [0, 0.05) is 10.9 Å². The molecule has 3 nitrogen and oxygen atoms in total. The molecular weight excluding hydrogens is 296 g/mol. The molecule has 1 aromatic heterocycles. The third kappa shape index (κ3) is 2.71. The Kier molecular flexibility index (Phi) is 3.64. The zero-order valence-electron chi connectivity index (χ0n) is 14.1. The summed E-state index contributed by atoms with van der Waals surface area (Å²) in [6.45, 7) is 4.17. The summed E-state index contributed by atoms with van der Waals surface area (Å²) in [6.07, 6.45) is 2.37. The molecular formula is C21H22N2O. The van der Waals surface area contributed by atoms with E-state index >= 15 is 0 Å². The molecule has 1 fully saturated rings. The maximum atomic E-state index is 12.8. The van der Waals surface area contributed by atoms with Crippen molar-refractivity contribution in [3.8, 4) is 0 Å². The Morgan fingerprint density at radius 3 is 2.54 bits per heavy atom. The number of aromatic nitrogens is 1. The summed E-state index contributed by atoms with van der Waals surface area (Å²) in [7, 11) is 0. The van der Waals surface area contributed by atoms with Gasteiger partial charge in [-0.05, 0) is 55.4 Å². The highest BCUT2D eigenvalue weighted by Crippen LogP contribution is 2.42. The average molecular weight is 318 g/mol. The van der Waals surface area contributed by atoms with Crippen molar-refractivity contribution >= 4 is 16.8 Å². The third-order valence-electron chi connectivity index (χ3n) is 5.01. The maximum absolute atomic E-state index is 12.8. The fourth-order valence-electron chi connectivity index (χ4n) is 3.46. The van der Waals surface area contributed by atoms with E-state index in [4.69, 9.17) is 0 Å². The molecule has 1 unspecified atom stereocenters. The van der Waals surface area contributed by atoms with Gasteiger partial charge in [-0.15, -0.1) is 0 Å². The van der Waals surface area contributed by atoms with Gasteiger partial charge in [0.25, 0.3) is 5.91 Å². The van der Waals surface area contributed by atoms with E-state index in [2.05, 4.69) is 48.4 Å². The Labute approximate surface area is 142 Å². The summed E-state index contributed by atoms with van der Waals surface area (Å²) < 4.78 is 0. The van der Waals surface area contributed by atoms with E-state index in [1.54, 1.807) is 0 Å². The molecule has 24 heavy (non-hydrogen) atoms. The molecule has 3 aromatic rings. The Bertz CT molecular complexity index is 905. The molecule has 1 amide bonds. The number of carbonyl (C=O) groups is 1. The van der Waals surface area contributed by atoms with Crippen LogP contribution in [0.2, 0.25) is 0 Å². The highest BCUT2D eigenvalue weighted by molar-refractivity contribution is 5.98. The lowest BCUT2D eigenvalue weighted by molar-refractivity contribution is 0.0927. The lowest BCUT2D eigenvalue weighted by Gasteiger charge is -2.20. The Morgan fingerprint density at radius 2 is 1.83 bits per heavy atom. The number of carbonyl (C=O) groups excluding carboxylic acids is 1. The predicted molar refractivity (Wildman–Crippen MR) is 97.1 cm³/mol. The molecule has 0 spiro atoms. The molecule has 0 saturated heterocycles. The molecule has 2 N–H and O–H groups in total. The number of hydrogen-bond acceptors (Lipinski definition) is 1. The first-order valence-corrected chi connectivity index (χ1v) is 8.58. The van der Waals surface area contributed by atoms with E-state index in [0.29, 0.717) is 11.6 Å². The molecule has 0 bridgehead atoms. The zero-order valence-corrected chi connectivity index (χ0v) is 14.1. The van der Waals surface area contributed by atoms with Crippen molar-refractivity contribution in [2.24, 2.45) is 5.92 Å². The van der Waals surface area contributed by atoms with Gasteiger partial charge in [-0.2, -0.15) is 0 Å². The molecule has 0 radical (unpaired) electrons. The number of H-pyrrole nitrogens is 1. The van der Waals surface area contributed by atoms with Gasteiger partial charge in [0.15, 0.2) is 0 Å². The van der Waals surface area contributed by atoms with Crippen molar-refractivity contribution in [2.45, 2.75) is 32.7 Å². The van der Waals surface area contributed by atoms with Gasteiger partial charge in [-0.25, -0.2) is 0 Å². The van der Waals surface area contributed by atoms with E-state index in [0.717, 1.165) is 16.5 Å². The van der Waals surface area contributed by atoms with Crippen LogP contribution in [0.4, 0.5) is 0 Å². The fourth-order valence-corrected chi connectivity index (χ4v) is 3.46. The number of benzene rings is 2. The Hall–Kier alpha value is -2.55. The van der Waals surface area contributed by atoms with Gasteiger partial charge in [0.1, 0.15) is 5.69 Å². The number of amides is 1. The highest BCUT2D eigenvalue weighted by Gasteiger charge is 2.34. The minimum Gasteiger partial charge on any atom is -0.350 e. The van der Waals surface area contributed by atoms with Crippen LogP contribution in [0, 0.1) is 19.8 Å². The summed E-state index contributed by atoms with van der Waals surface area (Å²) in [6, 6.07) is 16.5. The normalized spacial score (nSPS) is 15.4. The number of fused-ring (bicyclic) bond motifs is 1. The van der Waals surface area contributed by atoms with Crippen LogP contribution in [0.3, 0.4) is 0 Å². The van der Waals surface area contributed by atoms with Gasteiger partial charge < -0.3 is 10.3 Å². The van der Waals surface area contributed by atoms with Gasteiger partial charge in [0.2, 0.25) is 0 Å². The average Bonchev–Trinajstić information content (AvgIpc) is 3.31. The molecule has 1 aliphatic carbocycles. The van der Waals surface area contributed by atoms with Crippen LogP contribution in [0.15, 0.2) is 48.5 Å². The number of para-hydroxylation sites is 1. The molecule has 3 heteroatoms. The molecule has 0 aliphatic heterocycles. The van der Waals surface area contributed by atoms with Gasteiger partial charge in [-0.1, -0.05) is 42.5 Å². The SMILES string of the molecule is Cc1ccccc1C(NC(=O)c1cc2cccc(C)c2[nH]1)C1CC1. The van der Waals surface area contributed by atoms with E-state index in [1.165, 1.54) is 24.0 Å². The number of aryl methyl sites for hydroxylation is 2. The lowest BCUT2D eigenvalue weighted by Crippen LogP contribution is -2.30. The largest absolute Gasteiger partial charge is 0.350 e. The number of hydrogen-bond donors (Lipinski definition) is 2. The van der Waals surface area contributed by atoms with Crippen molar-refractivity contribution < 1.29 is 4.79 Å². The quantitative estimate of drug-likeness (QED) is 0.721. The van der Waals surface area contributed by atoms with Crippen molar-refractivity contribution in [1.29, 1.82) is 0 Å². The molecule has 2 aromatic carbocycles. The van der Waals surface area contributed by atoms with Crippen LogP contribution in [0.1, 0.15) is 46.1 Å². The number of rotatable bonds is 4. The molecule has 1 heterocycles. The smallest absolute Gasteiger partial charge is 0.268 e. The Morgan fingerprint density at radius 1 is 1.08 bits per heavy atom. The fraction of sp³-hybridized carbons (Fsp3) is 0.286. The van der Waals surface area contributed by atoms with E-state index in [1.807, 2.05) is 24.3 Å². The van der Waals surface area contributed by atoms with Gasteiger partial charge in [-0.3, -0.25) is 4.79 Å². The first kappa shape index (κ1) is 15.0. The highest BCUT2D eigenvalue weighted by atomic mass is 16.1. The summed E-state index contributed by atoms with van der Waals surface area (Å²) >= 11 is 0. The molecule has 1 atom stereocenters. The van der Waals surface area contributed by atoms with Crippen molar-refractivity contribution in [2.75, 3.05) is 0 Å². The lowest BCUT2D eigenvalue weighted by atomic mass is 9.97. The second kappa shape index (κ2) is 5.82. The summed E-state index contributed by atoms with van der Waals surface area (Å²) in [5, 5.41) is 4.35. The standard InChI is InChI=1S/C21H22N2O/c1-13-6-3-4-9-17(13)20(15-10-11-15)23-21(24)18-12-16-8-5-7-14(2)19(16)22-18/h3-9,12,15,20,22H,10-11H2,1-2H3,(H,23,24). The minimum absolute atomic E-state index is 0.0225. The Balaban J connectivity index is 1.63. The number of nitrogens with one attached hydrogen (secondary N) is 2. The minimum atomic E-state index is -0.0225. The van der Waals surface area contributed by atoms with Crippen molar-refractivity contribution in [3.63, 3.8) is 0 Å². The van der Waals surface area contributed by atoms with Crippen molar-refractivity contribution in [1.82, 2.24) is 10.3 Å². The molecule has 1 aliphatic rings. The van der Waals surface area contributed by atoms with Gasteiger partial charge >= 0.3 is 0 Å². The second-order valence-electron chi connectivity index (χ2n) is 6.87. The summed E-state index contributed by atoms with van der Waals surface area (Å²) in [5.41, 5.74) is 5.31. The van der Waals surface area contributed by atoms with Crippen LogP contribution in [-0.4, -0.2) is 10.9 Å². The van der Waals surface area contributed by atoms with Crippen molar-refractivity contribution in [3.05, 3.63) is 70.9 Å². The monoisotopic (exact) mass is 318 g/mol. The van der Waals surface area contributed by atoms with Crippen LogP contribution in [-0.2, 0) is 0 Å². The van der Waals surface area contributed by atoms with E-state index in [-0.39, 0.29) is 11.9 Å². The van der Waals surface area contributed by atoms with E-state index < -0.39 is 0 Å². The van der Waals surface area contributed by atoms with Crippen LogP contribution in [0.25, 0.3) is 10.9 Å². The van der Waals surface area contributed by atoms with Gasteiger partial charge in [0.05, 0.1) is 6.04 Å².